The van der Waals surface area contributed by atoms with Crippen LogP contribution >= 0.6 is 11.8 Å². The fourth-order valence-electron chi connectivity index (χ4n) is 3.26. The normalized spacial score (nSPS) is 11.2. The van der Waals surface area contributed by atoms with E-state index in [2.05, 4.69) is 12.1 Å². The minimum atomic E-state index is -0.612. The van der Waals surface area contributed by atoms with E-state index in [9.17, 15) is 19.7 Å². The van der Waals surface area contributed by atoms with Gasteiger partial charge in [0, 0.05) is 27.5 Å². The molecule has 0 aliphatic carbocycles. The van der Waals surface area contributed by atoms with Crippen LogP contribution in [-0.2, 0) is 4.84 Å². The topological polar surface area (TPSA) is 98.9 Å². The second-order valence-electron chi connectivity index (χ2n) is 7.80. The minimum absolute atomic E-state index is 0.0361. The van der Waals surface area contributed by atoms with Crippen LogP contribution in [0.1, 0.15) is 59.7 Å². The van der Waals surface area contributed by atoms with Crippen molar-refractivity contribution in [2.75, 3.05) is 0 Å². The molecule has 3 rings (SSSR count). The van der Waals surface area contributed by atoms with Gasteiger partial charge in [0.2, 0.25) is 5.78 Å². The zero-order valence-electron chi connectivity index (χ0n) is 19.4. The molecule has 0 heterocycles. The van der Waals surface area contributed by atoms with Gasteiger partial charge >= 0.3 is 5.97 Å². The van der Waals surface area contributed by atoms with Crippen molar-refractivity contribution in [2.45, 2.75) is 48.8 Å². The van der Waals surface area contributed by atoms with Crippen LogP contribution in [0.5, 0.6) is 0 Å². The summed E-state index contributed by atoms with van der Waals surface area (Å²) in [6.07, 6.45) is 4.27. The Kier molecular flexibility index (Phi) is 9.74. The number of hydrogen-bond donors (Lipinski definition) is 0. The number of nitro groups is 1. The van der Waals surface area contributed by atoms with E-state index in [-0.39, 0.29) is 17.2 Å². The van der Waals surface area contributed by atoms with Gasteiger partial charge in [0.15, 0.2) is 0 Å². The summed E-state index contributed by atoms with van der Waals surface area (Å²) in [5, 5.41) is 14.8. The molecule has 0 aliphatic heterocycles. The van der Waals surface area contributed by atoms with Gasteiger partial charge in [-0.2, -0.15) is 0 Å². The quantitative estimate of drug-likeness (QED) is 0.0670. The first kappa shape index (κ1) is 25.8. The summed E-state index contributed by atoms with van der Waals surface area (Å²) in [4.78, 5) is 42.6. The van der Waals surface area contributed by atoms with Gasteiger partial charge in [0.1, 0.15) is 5.71 Å². The van der Waals surface area contributed by atoms with E-state index in [1.807, 2.05) is 12.1 Å². The van der Waals surface area contributed by atoms with Crippen LogP contribution in [-0.4, -0.2) is 22.4 Å². The molecule has 0 amide bonds. The molecule has 0 N–H and O–H groups in total. The molecule has 0 radical (unpaired) electrons. The van der Waals surface area contributed by atoms with Crippen LogP contribution in [0.3, 0.4) is 0 Å². The van der Waals surface area contributed by atoms with E-state index < -0.39 is 10.9 Å². The Morgan fingerprint density at radius 3 is 2.09 bits per heavy atom. The Balaban J connectivity index is 1.70. The van der Waals surface area contributed by atoms with E-state index in [1.54, 1.807) is 54.6 Å². The molecule has 35 heavy (non-hydrogen) atoms. The molecular formula is C27H26N2O5S. The minimum Gasteiger partial charge on any atom is -0.312 e. The Morgan fingerprint density at radius 2 is 1.49 bits per heavy atom. The maximum absolute atomic E-state index is 13.1. The van der Waals surface area contributed by atoms with Crippen LogP contribution in [0.25, 0.3) is 0 Å². The number of non-ortho nitro benzene ring substituents is 1. The Morgan fingerprint density at radius 1 is 0.857 bits per heavy atom. The number of nitrogens with zero attached hydrogens (tertiary/aromatic N) is 2. The fourth-order valence-corrected chi connectivity index (χ4v) is 4.07. The molecular weight excluding hydrogens is 464 g/mol. The highest BCUT2D eigenvalue weighted by Gasteiger charge is 2.17. The molecule has 3 aromatic rings. The van der Waals surface area contributed by atoms with E-state index in [0.717, 1.165) is 35.5 Å². The van der Waals surface area contributed by atoms with Gasteiger partial charge in [-0.1, -0.05) is 61.3 Å². The van der Waals surface area contributed by atoms with Crippen LogP contribution in [0.15, 0.2) is 93.8 Å². The molecule has 180 valence electrons. The predicted octanol–water partition coefficient (Wildman–Crippen LogP) is 7.11. The van der Waals surface area contributed by atoms with E-state index in [0.29, 0.717) is 17.5 Å². The number of rotatable bonds is 12. The van der Waals surface area contributed by atoms with Gasteiger partial charge in [-0.05, 0) is 61.4 Å². The summed E-state index contributed by atoms with van der Waals surface area (Å²) < 4.78 is 0. The van der Waals surface area contributed by atoms with Crippen molar-refractivity contribution in [1.82, 2.24) is 0 Å². The van der Waals surface area contributed by atoms with Gasteiger partial charge in [0.05, 0.1) is 10.5 Å². The Labute approximate surface area is 208 Å². The predicted molar refractivity (Wildman–Crippen MR) is 136 cm³/mol. The number of unbranched alkanes of at least 4 members (excludes halogenated alkanes) is 3. The first-order chi connectivity index (χ1) is 17.0. The first-order valence-corrected chi connectivity index (χ1v) is 12.2. The highest BCUT2D eigenvalue weighted by molar-refractivity contribution is 7.99. The van der Waals surface area contributed by atoms with Crippen LogP contribution in [0, 0.1) is 10.1 Å². The third kappa shape index (κ3) is 7.89. The van der Waals surface area contributed by atoms with Crippen LogP contribution in [0.4, 0.5) is 5.69 Å². The van der Waals surface area contributed by atoms with Gasteiger partial charge < -0.3 is 4.84 Å². The molecule has 0 aliphatic rings. The average Bonchev–Trinajstić information content (AvgIpc) is 2.89. The number of benzene rings is 3. The van der Waals surface area contributed by atoms with Gasteiger partial charge in [-0.25, -0.2) is 4.79 Å². The van der Waals surface area contributed by atoms with Crippen molar-refractivity contribution in [3.8, 4) is 0 Å². The maximum atomic E-state index is 13.1. The summed E-state index contributed by atoms with van der Waals surface area (Å²) in [6.45, 7) is 2.11. The second-order valence-corrected chi connectivity index (χ2v) is 8.95. The maximum Gasteiger partial charge on any atom is 0.365 e. The van der Waals surface area contributed by atoms with Gasteiger partial charge in [0.25, 0.3) is 5.69 Å². The number of hydrogen-bond acceptors (Lipinski definition) is 7. The Hall–Kier alpha value is -3.78. The SMILES string of the molecule is CCCCCC/C(=N\OC(=O)c1ccccc1)C(=O)c1ccc(Sc2ccc([N+](=O)[O-])cc2)cc1. The molecule has 8 heteroatoms. The van der Waals surface area contributed by atoms with Gasteiger partial charge in [-0.15, -0.1) is 0 Å². The smallest absolute Gasteiger partial charge is 0.312 e. The third-order valence-electron chi connectivity index (χ3n) is 5.18. The summed E-state index contributed by atoms with van der Waals surface area (Å²) in [6, 6.07) is 21.8. The molecule has 0 unspecified atom stereocenters. The highest BCUT2D eigenvalue weighted by Crippen LogP contribution is 2.29. The molecule has 7 nitrogen and oxygen atoms in total. The third-order valence-corrected chi connectivity index (χ3v) is 6.19. The molecule has 0 atom stereocenters. The average molecular weight is 491 g/mol. The molecule has 3 aromatic carbocycles. The summed E-state index contributed by atoms with van der Waals surface area (Å²) >= 11 is 1.43. The fraction of sp³-hybridized carbons (Fsp3) is 0.222. The van der Waals surface area contributed by atoms with Crippen molar-refractivity contribution in [3.63, 3.8) is 0 Å². The summed E-state index contributed by atoms with van der Waals surface area (Å²) in [7, 11) is 0. The lowest BCUT2D eigenvalue weighted by Gasteiger charge is -2.07. The Bertz CT molecular complexity index is 1180. The van der Waals surface area contributed by atoms with E-state index in [4.69, 9.17) is 4.84 Å². The zero-order valence-corrected chi connectivity index (χ0v) is 20.2. The number of nitro benzene ring substituents is 1. The lowest BCUT2D eigenvalue weighted by molar-refractivity contribution is -0.384. The molecule has 0 aromatic heterocycles. The largest absolute Gasteiger partial charge is 0.365 e. The highest BCUT2D eigenvalue weighted by atomic mass is 32.2. The van der Waals surface area contributed by atoms with Crippen molar-refractivity contribution in [1.29, 1.82) is 0 Å². The molecule has 0 bridgehead atoms. The molecule has 0 saturated heterocycles. The lowest BCUT2D eigenvalue weighted by Crippen LogP contribution is -2.16. The number of carbonyl (C=O) groups excluding carboxylic acids is 2. The van der Waals surface area contributed by atoms with Crippen molar-refractivity contribution >= 4 is 34.9 Å². The number of ketones is 1. The molecule has 0 saturated carbocycles. The van der Waals surface area contributed by atoms with Crippen molar-refractivity contribution < 1.29 is 19.3 Å². The zero-order chi connectivity index (χ0) is 25.0. The summed E-state index contributed by atoms with van der Waals surface area (Å²) in [5.74, 6) is -0.895. The number of carbonyl (C=O) groups is 2. The first-order valence-electron chi connectivity index (χ1n) is 11.4. The van der Waals surface area contributed by atoms with Gasteiger partial charge in [-0.3, -0.25) is 14.9 Å². The van der Waals surface area contributed by atoms with Crippen LogP contribution in [0.2, 0.25) is 0 Å². The van der Waals surface area contributed by atoms with Crippen molar-refractivity contribution in [2.24, 2.45) is 5.16 Å². The second kappa shape index (κ2) is 13.2. The number of Topliss-reactive ketones (excluding diaryl/α,β-unsaturated/α-hetero) is 1. The van der Waals surface area contributed by atoms with Crippen molar-refractivity contribution in [3.05, 3.63) is 100 Å². The van der Waals surface area contributed by atoms with E-state index in [1.165, 1.54) is 23.9 Å². The molecule has 0 spiro atoms. The summed E-state index contributed by atoms with van der Waals surface area (Å²) in [5.41, 5.74) is 1.06. The monoisotopic (exact) mass is 490 g/mol. The lowest BCUT2D eigenvalue weighted by atomic mass is 10.0. The molecule has 0 fully saturated rings. The van der Waals surface area contributed by atoms with Crippen LogP contribution < -0.4 is 0 Å². The standard InChI is InChI=1S/C27H26N2O5S/c1-2-3-4-8-11-25(28-34-27(31)21-9-6-5-7-10-21)26(30)20-12-16-23(17-13-20)35-24-18-14-22(15-19-24)29(32)33/h5-7,9-10,12-19H,2-4,8,11H2,1H3/b28-25+. The van der Waals surface area contributed by atoms with E-state index >= 15 is 0 Å². The number of oxime groups is 1.